The zero-order valence-electron chi connectivity index (χ0n) is 15.3. The molecule has 3 N–H and O–H groups in total. The summed E-state index contributed by atoms with van der Waals surface area (Å²) in [6.45, 7) is 1.07. The number of anilines is 1. The number of aromatic nitrogens is 1. The molecule has 0 atom stereocenters. The summed E-state index contributed by atoms with van der Waals surface area (Å²) in [5.41, 5.74) is 7.30. The number of hydrogen-bond donors (Lipinski definition) is 2. The lowest BCUT2D eigenvalue weighted by atomic mass is 10.0. The van der Waals surface area contributed by atoms with Gasteiger partial charge in [0.05, 0.1) is 18.8 Å². The van der Waals surface area contributed by atoms with E-state index in [1.54, 1.807) is 30.5 Å². The minimum absolute atomic E-state index is 0.229. The van der Waals surface area contributed by atoms with Gasteiger partial charge >= 0.3 is 5.97 Å². The molecule has 1 fully saturated rings. The van der Waals surface area contributed by atoms with Crippen LogP contribution >= 0.6 is 0 Å². The van der Waals surface area contributed by atoms with E-state index in [1.165, 1.54) is 7.11 Å². The number of rotatable bonds is 7. The van der Waals surface area contributed by atoms with Crippen molar-refractivity contribution in [3.63, 3.8) is 0 Å². The highest BCUT2D eigenvalue weighted by molar-refractivity contribution is 5.99. The SMILES string of the molecule is CON=C1CN(c2ccc(-c3cccc(COC(=O)CC(=N)N)c3F)cn2)C1. The average Bonchev–Trinajstić information content (AvgIpc) is 2.63. The summed E-state index contributed by atoms with van der Waals surface area (Å²) in [7, 11) is 1.51. The highest BCUT2D eigenvalue weighted by Crippen LogP contribution is 2.27. The Bertz CT molecular complexity index is 906. The summed E-state index contributed by atoms with van der Waals surface area (Å²) >= 11 is 0. The third-order valence-corrected chi connectivity index (χ3v) is 4.15. The monoisotopic (exact) mass is 385 g/mol. The van der Waals surface area contributed by atoms with Crippen LogP contribution in [-0.4, -0.2) is 42.7 Å². The van der Waals surface area contributed by atoms with Gasteiger partial charge in [0.15, 0.2) is 0 Å². The number of oxime groups is 1. The Balaban J connectivity index is 1.69. The van der Waals surface area contributed by atoms with Gasteiger partial charge in [-0.25, -0.2) is 9.37 Å². The third kappa shape index (κ3) is 4.43. The maximum atomic E-state index is 14.8. The Morgan fingerprint density at radius 2 is 2.14 bits per heavy atom. The molecule has 28 heavy (non-hydrogen) atoms. The number of hydrogen-bond acceptors (Lipinski definition) is 7. The number of carbonyl (C=O) groups excluding carboxylic acids is 1. The zero-order chi connectivity index (χ0) is 20.1. The molecule has 0 spiro atoms. The van der Waals surface area contributed by atoms with Crippen molar-refractivity contribution in [1.82, 2.24) is 4.98 Å². The molecule has 1 aromatic carbocycles. The molecule has 0 unspecified atom stereocenters. The zero-order valence-corrected chi connectivity index (χ0v) is 15.3. The fourth-order valence-electron chi connectivity index (χ4n) is 2.75. The minimum Gasteiger partial charge on any atom is -0.460 e. The maximum absolute atomic E-state index is 14.8. The molecule has 1 aromatic heterocycles. The highest BCUT2D eigenvalue weighted by atomic mass is 19.1. The molecule has 1 aliphatic rings. The van der Waals surface area contributed by atoms with Crippen LogP contribution in [0.5, 0.6) is 0 Å². The Morgan fingerprint density at radius 1 is 1.36 bits per heavy atom. The van der Waals surface area contributed by atoms with Gasteiger partial charge in [-0.3, -0.25) is 10.2 Å². The summed E-state index contributed by atoms with van der Waals surface area (Å²) in [5, 5.41) is 11.0. The molecule has 3 rings (SSSR count). The smallest absolute Gasteiger partial charge is 0.313 e. The number of carbonyl (C=O) groups is 1. The molecule has 8 nitrogen and oxygen atoms in total. The van der Waals surface area contributed by atoms with Crippen LogP contribution in [0.4, 0.5) is 10.2 Å². The van der Waals surface area contributed by atoms with Crippen molar-refractivity contribution in [2.75, 3.05) is 25.1 Å². The highest BCUT2D eigenvalue weighted by Gasteiger charge is 2.23. The number of nitrogens with one attached hydrogen (secondary N) is 1. The fourth-order valence-corrected chi connectivity index (χ4v) is 2.75. The number of pyridine rings is 1. The molecule has 2 aromatic rings. The largest absolute Gasteiger partial charge is 0.460 e. The van der Waals surface area contributed by atoms with Crippen molar-refractivity contribution < 1.29 is 18.8 Å². The first-order chi connectivity index (χ1) is 13.5. The molecule has 1 saturated heterocycles. The Hall–Kier alpha value is -3.49. The standard InChI is InChI=1S/C19H20FN5O3/c1-27-24-14-9-25(10-14)17-6-5-12(8-23-17)15-4-2-3-13(19(15)20)11-28-18(26)7-16(21)22/h2-6,8H,7,9-11H2,1H3,(H3,21,22). The van der Waals surface area contributed by atoms with Crippen molar-refractivity contribution in [2.24, 2.45) is 10.9 Å². The first-order valence-electron chi connectivity index (χ1n) is 8.54. The van der Waals surface area contributed by atoms with E-state index in [9.17, 15) is 9.18 Å². The normalized spacial score (nSPS) is 12.9. The second-order valence-electron chi connectivity index (χ2n) is 6.24. The van der Waals surface area contributed by atoms with Gasteiger partial charge in [0.25, 0.3) is 0 Å². The van der Waals surface area contributed by atoms with E-state index >= 15 is 0 Å². The Kier molecular flexibility index (Phi) is 5.83. The topological polar surface area (TPSA) is 114 Å². The van der Waals surface area contributed by atoms with Crippen LogP contribution in [0.2, 0.25) is 0 Å². The lowest BCUT2D eigenvalue weighted by molar-refractivity contribution is -0.143. The molecule has 0 amide bonds. The number of halogens is 1. The number of ether oxygens (including phenoxy) is 1. The molecular formula is C19H20FN5O3. The number of benzene rings is 1. The summed E-state index contributed by atoms with van der Waals surface area (Å²) in [6, 6.07) is 8.47. The number of nitrogens with zero attached hydrogens (tertiary/aromatic N) is 3. The van der Waals surface area contributed by atoms with Gasteiger partial charge in [-0.15, -0.1) is 0 Å². The second-order valence-corrected chi connectivity index (χ2v) is 6.24. The maximum Gasteiger partial charge on any atom is 0.313 e. The predicted molar refractivity (Wildman–Crippen MR) is 103 cm³/mol. The molecule has 2 heterocycles. The van der Waals surface area contributed by atoms with E-state index in [0.29, 0.717) is 24.2 Å². The number of amidine groups is 1. The number of nitrogens with two attached hydrogens (primary N) is 1. The summed E-state index contributed by atoms with van der Waals surface area (Å²) in [5.74, 6) is -0.679. The molecule has 9 heteroatoms. The van der Waals surface area contributed by atoms with Gasteiger partial charge in [-0.05, 0) is 12.1 Å². The predicted octanol–water partition coefficient (Wildman–Crippen LogP) is 2.08. The molecule has 0 saturated carbocycles. The Morgan fingerprint density at radius 3 is 2.79 bits per heavy atom. The summed E-state index contributed by atoms with van der Waals surface area (Å²) < 4.78 is 19.8. The van der Waals surface area contributed by atoms with Crippen molar-refractivity contribution >= 4 is 23.3 Å². The van der Waals surface area contributed by atoms with Gasteiger partial charge in [0.2, 0.25) is 0 Å². The van der Waals surface area contributed by atoms with Crippen molar-refractivity contribution in [3.8, 4) is 11.1 Å². The van der Waals surface area contributed by atoms with Crippen molar-refractivity contribution in [1.29, 1.82) is 5.41 Å². The summed E-state index contributed by atoms with van der Waals surface area (Å²) in [6.07, 6.45) is 1.28. The third-order valence-electron chi connectivity index (χ3n) is 4.15. The Labute approximate surface area is 161 Å². The first-order valence-corrected chi connectivity index (χ1v) is 8.54. The van der Waals surface area contributed by atoms with Crippen LogP contribution in [0, 0.1) is 11.2 Å². The molecule has 146 valence electrons. The molecule has 0 aliphatic carbocycles. The second kappa shape index (κ2) is 8.47. The molecule has 0 radical (unpaired) electrons. The quantitative estimate of drug-likeness (QED) is 0.326. The van der Waals surface area contributed by atoms with Gasteiger partial charge in [-0.2, -0.15) is 0 Å². The van der Waals surface area contributed by atoms with E-state index in [-0.39, 0.29) is 24.4 Å². The van der Waals surface area contributed by atoms with E-state index in [2.05, 4.69) is 10.1 Å². The van der Waals surface area contributed by atoms with Crippen molar-refractivity contribution in [2.45, 2.75) is 13.0 Å². The van der Waals surface area contributed by atoms with Crippen LogP contribution in [0.1, 0.15) is 12.0 Å². The summed E-state index contributed by atoms with van der Waals surface area (Å²) in [4.78, 5) is 22.6. The minimum atomic E-state index is -0.672. The van der Waals surface area contributed by atoms with E-state index in [0.717, 1.165) is 11.5 Å². The molecule has 0 bridgehead atoms. The average molecular weight is 385 g/mol. The van der Waals surface area contributed by atoms with Gasteiger partial charge in [0.1, 0.15) is 37.6 Å². The van der Waals surface area contributed by atoms with Gasteiger partial charge < -0.3 is 20.2 Å². The molecular weight excluding hydrogens is 365 g/mol. The van der Waals surface area contributed by atoms with Crippen LogP contribution in [0.3, 0.4) is 0 Å². The van der Waals surface area contributed by atoms with Gasteiger partial charge in [-0.1, -0.05) is 23.4 Å². The lowest BCUT2D eigenvalue weighted by Gasteiger charge is -2.32. The van der Waals surface area contributed by atoms with E-state index < -0.39 is 11.8 Å². The number of esters is 1. The van der Waals surface area contributed by atoms with Crippen LogP contribution in [0.15, 0.2) is 41.7 Å². The van der Waals surface area contributed by atoms with E-state index in [1.807, 2.05) is 11.0 Å². The van der Waals surface area contributed by atoms with Gasteiger partial charge in [0, 0.05) is 22.9 Å². The van der Waals surface area contributed by atoms with E-state index in [4.69, 9.17) is 20.7 Å². The van der Waals surface area contributed by atoms with Crippen LogP contribution in [0.25, 0.3) is 11.1 Å². The lowest BCUT2D eigenvalue weighted by Crippen LogP contribution is -2.48. The van der Waals surface area contributed by atoms with Crippen LogP contribution in [-0.2, 0) is 21.0 Å². The first kappa shape index (κ1) is 19.3. The van der Waals surface area contributed by atoms with Crippen LogP contribution < -0.4 is 10.6 Å². The fraction of sp³-hybridized carbons (Fsp3) is 0.263. The molecule has 1 aliphatic heterocycles. The van der Waals surface area contributed by atoms with Crippen molar-refractivity contribution in [3.05, 3.63) is 47.9 Å².